The van der Waals surface area contributed by atoms with Crippen molar-refractivity contribution in [2.75, 3.05) is 12.0 Å². The van der Waals surface area contributed by atoms with Crippen molar-refractivity contribution in [2.24, 2.45) is 0 Å². The highest BCUT2D eigenvalue weighted by molar-refractivity contribution is 7.69. The van der Waals surface area contributed by atoms with Gasteiger partial charge in [0.2, 0.25) is 13.2 Å². The summed E-state index contributed by atoms with van der Waals surface area (Å²) in [7, 11) is -3.01. The van der Waals surface area contributed by atoms with E-state index in [0.29, 0.717) is 22.6 Å². The Hall–Kier alpha value is -2.33. The summed E-state index contributed by atoms with van der Waals surface area (Å²) in [5, 5.41) is 3.36. The molecule has 1 atom stereocenters. The molecule has 1 aliphatic rings. The molecule has 1 aromatic carbocycles. The van der Waals surface area contributed by atoms with Gasteiger partial charge in [-0.15, -0.1) is 0 Å². The normalized spacial score (nSPS) is 20.2. The lowest BCUT2D eigenvalue weighted by Crippen LogP contribution is -2.44. The maximum Gasteiger partial charge on any atom is 0.327 e. The van der Waals surface area contributed by atoms with Gasteiger partial charge in [0.25, 0.3) is 0 Å². The summed E-state index contributed by atoms with van der Waals surface area (Å²) >= 11 is 0. The number of hydrogen-bond acceptors (Lipinski definition) is 4. The molecule has 1 aliphatic heterocycles. The highest BCUT2D eigenvalue weighted by Gasteiger charge is 2.40. The summed E-state index contributed by atoms with van der Waals surface area (Å²) in [6, 6.07) is 10.0. The van der Waals surface area contributed by atoms with E-state index in [4.69, 9.17) is 4.74 Å². The Bertz CT molecular complexity index is 792. The van der Waals surface area contributed by atoms with E-state index < -0.39 is 7.29 Å². The average Bonchev–Trinajstić information content (AvgIpc) is 2.48. The van der Waals surface area contributed by atoms with Crippen molar-refractivity contribution >= 4 is 24.3 Å². The van der Waals surface area contributed by atoms with Crippen LogP contribution in [0.15, 0.2) is 42.6 Å². The maximum absolute atomic E-state index is 13.2. The van der Waals surface area contributed by atoms with Crippen LogP contribution in [-0.2, 0) is 4.57 Å². The van der Waals surface area contributed by atoms with E-state index in [1.807, 2.05) is 19.9 Å². The predicted molar refractivity (Wildman–Crippen MR) is 89.9 cm³/mol. The molecular formula is C16H18N3O3P. The third-order valence-electron chi connectivity index (χ3n) is 3.63. The highest BCUT2D eigenvalue weighted by Crippen LogP contribution is 2.51. The molecular weight excluding hydrogens is 313 g/mol. The van der Waals surface area contributed by atoms with E-state index in [0.717, 1.165) is 0 Å². The molecule has 2 aromatic rings. The van der Waals surface area contributed by atoms with Crippen LogP contribution in [0.25, 0.3) is 0 Å². The second-order valence-corrected chi connectivity index (χ2v) is 8.37. The lowest BCUT2D eigenvalue weighted by atomic mass is 10.3. The van der Waals surface area contributed by atoms with Crippen LogP contribution in [-0.4, -0.2) is 28.4 Å². The van der Waals surface area contributed by atoms with Gasteiger partial charge in [0.15, 0.2) is 0 Å². The number of nitrogens with one attached hydrogen (secondary N) is 1. The summed E-state index contributed by atoms with van der Waals surface area (Å²) < 4.78 is 20.3. The van der Waals surface area contributed by atoms with Gasteiger partial charge >= 0.3 is 6.03 Å². The van der Waals surface area contributed by atoms with Crippen LogP contribution in [0.3, 0.4) is 0 Å². The number of benzene rings is 1. The van der Waals surface area contributed by atoms with Gasteiger partial charge in [-0.05, 0) is 38.1 Å². The Morgan fingerprint density at radius 3 is 2.70 bits per heavy atom. The van der Waals surface area contributed by atoms with Crippen molar-refractivity contribution in [3.05, 3.63) is 42.6 Å². The van der Waals surface area contributed by atoms with E-state index in [2.05, 4.69) is 10.3 Å². The molecule has 2 amide bonds. The Kier molecular flexibility index (Phi) is 3.86. The summed E-state index contributed by atoms with van der Waals surface area (Å²) in [6.45, 7) is 5.29. The lowest BCUT2D eigenvalue weighted by Gasteiger charge is -2.37. The number of rotatable bonds is 3. The first kappa shape index (κ1) is 15.6. The monoisotopic (exact) mass is 331 g/mol. The van der Waals surface area contributed by atoms with E-state index in [9.17, 15) is 9.36 Å². The van der Waals surface area contributed by atoms with Crippen LogP contribution in [0.2, 0.25) is 0 Å². The predicted octanol–water partition coefficient (Wildman–Crippen LogP) is 3.66. The molecule has 2 heterocycles. The third kappa shape index (κ3) is 2.82. The molecule has 7 heteroatoms. The van der Waals surface area contributed by atoms with Gasteiger partial charge in [-0.2, -0.15) is 0 Å². The molecule has 0 radical (unpaired) electrons. The minimum atomic E-state index is -3.01. The van der Waals surface area contributed by atoms with Crippen molar-refractivity contribution in [3.8, 4) is 11.6 Å². The van der Waals surface area contributed by atoms with Gasteiger partial charge in [0.1, 0.15) is 5.75 Å². The van der Waals surface area contributed by atoms with Crippen molar-refractivity contribution in [1.82, 2.24) is 9.65 Å². The molecule has 0 spiro atoms. The molecule has 0 saturated carbocycles. The van der Waals surface area contributed by atoms with Crippen molar-refractivity contribution in [3.63, 3.8) is 0 Å². The Labute approximate surface area is 134 Å². The first-order chi connectivity index (χ1) is 10.9. The number of carbonyl (C=O) groups excluding carboxylic acids is 1. The van der Waals surface area contributed by atoms with Crippen LogP contribution >= 0.6 is 7.29 Å². The van der Waals surface area contributed by atoms with Crippen LogP contribution < -0.4 is 15.4 Å². The average molecular weight is 331 g/mol. The quantitative estimate of drug-likeness (QED) is 0.871. The SMILES string of the molecule is CC(C)N1C(=O)Nc2ccc(Oc3ccccn3)cc2P1(C)=O. The Morgan fingerprint density at radius 2 is 2.04 bits per heavy atom. The third-order valence-corrected chi connectivity index (χ3v) is 6.36. The number of anilines is 1. The standard InChI is InChI=1S/C16H18N3O3P/c1-11(2)19-16(20)18-13-8-7-12(10-14(13)23(19,3)21)22-15-6-4-5-9-17-15/h4-11H,1-3H3,(H,18,20). The van der Waals surface area contributed by atoms with E-state index in [1.54, 1.807) is 43.2 Å². The molecule has 6 nitrogen and oxygen atoms in total. The number of urea groups is 1. The minimum Gasteiger partial charge on any atom is -0.439 e. The van der Waals surface area contributed by atoms with E-state index in [1.165, 1.54) is 4.67 Å². The fourth-order valence-electron chi connectivity index (χ4n) is 2.69. The first-order valence-corrected chi connectivity index (χ1v) is 9.42. The van der Waals surface area contributed by atoms with Gasteiger partial charge in [0, 0.05) is 25.0 Å². The molecule has 1 N–H and O–H groups in total. The number of nitrogens with zero attached hydrogens (tertiary/aromatic N) is 2. The minimum absolute atomic E-state index is 0.167. The zero-order valence-electron chi connectivity index (χ0n) is 13.2. The van der Waals surface area contributed by atoms with Gasteiger partial charge in [0.05, 0.1) is 11.0 Å². The topological polar surface area (TPSA) is 71.5 Å². The summed E-state index contributed by atoms with van der Waals surface area (Å²) in [6.07, 6.45) is 1.64. The zero-order chi connectivity index (χ0) is 16.6. The smallest absolute Gasteiger partial charge is 0.327 e. The number of ether oxygens (including phenoxy) is 1. The molecule has 3 rings (SSSR count). The van der Waals surface area contributed by atoms with Crippen LogP contribution in [0.1, 0.15) is 13.8 Å². The van der Waals surface area contributed by atoms with Gasteiger partial charge in [-0.1, -0.05) is 6.07 Å². The van der Waals surface area contributed by atoms with Gasteiger partial charge in [-0.25, -0.2) is 9.78 Å². The maximum atomic E-state index is 13.2. The lowest BCUT2D eigenvalue weighted by molar-refractivity contribution is 0.229. The molecule has 0 fully saturated rings. The molecule has 0 bridgehead atoms. The first-order valence-electron chi connectivity index (χ1n) is 7.31. The largest absolute Gasteiger partial charge is 0.439 e. The fraction of sp³-hybridized carbons (Fsp3) is 0.250. The molecule has 1 unspecified atom stereocenters. The molecule has 120 valence electrons. The molecule has 0 aliphatic carbocycles. The number of hydrogen-bond donors (Lipinski definition) is 1. The van der Waals surface area contributed by atoms with Crippen molar-refractivity contribution < 1.29 is 14.1 Å². The van der Waals surface area contributed by atoms with Gasteiger partial charge in [-0.3, -0.25) is 9.24 Å². The Balaban J connectivity index is 2.01. The van der Waals surface area contributed by atoms with Crippen molar-refractivity contribution in [1.29, 1.82) is 0 Å². The van der Waals surface area contributed by atoms with E-state index >= 15 is 0 Å². The van der Waals surface area contributed by atoms with E-state index in [-0.39, 0.29) is 12.1 Å². The molecule has 1 aromatic heterocycles. The summed E-state index contributed by atoms with van der Waals surface area (Å²) in [4.78, 5) is 16.3. The summed E-state index contributed by atoms with van der Waals surface area (Å²) in [5.41, 5.74) is 0.561. The van der Waals surface area contributed by atoms with Crippen molar-refractivity contribution in [2.45, 2.75) is 19.9 Å². The van der Waals surface area contributed by atoms with Crippen LogP contribution in [0.5, 0.6) is 11.6 Å². The van der Waals surface area contributed by atoms with Gasteiger partial charge < -0.3 is 10.1 Å². The second-order valence-electron chi connectivity index (χ2n) is 5.70. The summed E-state index contributed by atoms with van der Waals surface area (Å²) in [5.74, 6) is 0.989. The van der Waals surface area contributed by atoms with Crippen LogP contribution in [0.4, 0.5) is 10.5 Å². The number of carbonyl (C=O) groups is 1. The highest BCUT2D eigenvalue weighted by atomic mass is 31.2. The molecule has 23 heavy (non-hydrogen) atoms. The Morgan fingerprint density at radius 1 is 1.26 bits per heavy atom. The fourth-order valence-corrected chi connectivity index (χ4v) is 5.14. The molecule has 0 saturated heterocycles. The second kappa shape index (κ2) is 5.70. The number of aromatic nitrogens is 1. The zero-order valence-corrected chi connectivity index (χ0v) is 14.1. The number of amides is 2. The number of fused-ring (bicyclic) bond motifs is 1. The van der Waals surface area contributed by atoms with Crippen LogP contribution in [0, 0.1) is 0 Å². The number of pyridine rings is 1.